The first-order valence-corrected chi connectivity index (χ1v) is 6.21. The average Bonchev–Trinajstić information content (AvgIpc) is 2.38. The lowest BCUT2D eigenvalue weighted by Gasteiger charge is -2.32. The monoisotopic (exact) mass is 256 g/mol. The molecule has 1 aromatic heterocycles. The van der Waals surface area contributed by atoms with Crippen LogP contribution in [0.25, 0.3) is 0 Å². The van der Waals surface area contributed by atoms with Crippen molar-refractivity contribution in [3.8, 4) is 0 Å². The summed E-state index contributed by atoms with van der Waals surface area (Å²) >= 11 is 5.71. The molecule has 5 nitrogen and oxygen atoms in total. The molecule has 0 saturated carbocycles. The van der Waals surface area contributed by atoms with Crippen LogP contribution in [-0.4, -0.2) is 53.8 Å². The van der Waals surface area contributed by atoms with Crippen molar-refractivity contribution in [2.75, 3.05) is 38.1 Å². The molecule has 1 atom stereocenters. The summed E-state index contributed by atoms with van der Waals surface area (Å²) in [6.07, 6.45) is 3.36. The van der Waals surface area contributed by atoms with Gasteiger partial charge in [0.1, 0.15) is 0 Å². The van der Waals surface area contributed by atoms with E-state index < -0.39 is 0 Å². The molecular formula is C11H17ClN4O. The number of nitrogens with one attached hydrogen (secondary N) is 1. The Morgan fingerprint density at radius 3 is 3.00 bits per heavy atom. The highest BCUT2D eigenvalue weighted by Gasteiger charge is 2.18. The lowest BCUT2D eigenvalue weighted by Crippen LogP contribution is -2.45. The number of nitrogens with zero attached hydrogens (tertiary/aromatic N) is 3. The molecule has 2 heterocycles. The number of hydrogen-bond donors (Lipinski definition) is 1. The van der Waals surface area contributed by atoms with Crippen LogP contribution >= 0.6 is 11.6 Å². The Hall–Kier alpha value is -0.910. The molecule has 1 aliphatic rings. The first kappa shape index (κ1) is 12.5. The van der Waals surface area contributed by atoms with Gasteiger partial charge in [-0.3, -0.25) is 4.90 Å². The van der Waals surface area contributed by atoms with E-state index in [2.05, 4.69) is 27.1 Å². The summed E-state index contributed by atoms with van der Waals surface area (Å²) in [6.45, 7) is 6.72. The summed E-state index contributed by atoms with van der Waals surface area (Å²) in [5, 5.41) is 3.70. The molecule has 1 fully saturated rings. The quantitative estimate of drug-likeness (QED) is 0.879. The van der Waals surface area contributed by atoms with Gasteiger partial charge in [-0.25, -0.2) is 9.97 Å². The largest absolute Gasteiger partial charge is 0.374 e. The van der Waals surface area contributed by atoms with Crippen molar-refractivity contribution in [3.63, 3.8) is 0 Å². The highest BCUT2D eigenvalue weighted by Crippen LogP contribution is 2.08. The van der Waals surface area contributed by atoms with Crippen molar-refractivity contribution in [2.24, 2.45) is 0 Å². The molecule has 0 radical (unpaired) electrons. The summed E-state index contributed by atoms with van der Waals surface area (Å²) < 4.78 is 5.67. The van der Waals surface area contributed by atoms with E-state index in [1.54, 1.807) is 12.4 Å². The fraction of sp³-hybridized carbons (Fsp3) is 0.636. The molecular weight excluding hydrogens is 240 g/mol. The third-order valence-electron chi connectivity index (χ3n) is 2.78. The van der Waals surface area contributed by atoms with Crippen LogP contribution in [0.4, 0.5) is 5.95 Å². The van der Waals surface area contributed by atoms with Crippen molar-refractivity contribution in [3.05, 3.63) is 17.4 Å². The van der Waals surface area contributed by atoms with Crippen molar-refractivity contribution in [1.82, 2.24) is 14.9 Å². The van der Waals surface area contributed by atoms with Gasteiger partial charge in [0.25, 0.3) is 0 Å². The molecule has 0 spiro atoms. The Kier molecular flexibility index (Phi) is 4.53. The van der Waals surface area contributed by atoms with E-state index in [0.29, 0.717) is 11.0 Å². The van der Waals surface area contributed by atoms with Crippen LogP contribution in [0.15, 0.2) is 12.4 Å². The highest BCUT2D eigenvalue weighted by molar-refractivity contribution is 6.30. The van der Waals surface area contributed by atoms with Crippen molar-refractivity contribution in [2.45, 2.75) is 13.0 Å². The number of ether oxygens (including phenoxy) is 1. The van der Waals surface area contributed by atoms with Crippen molar-refractivity contribution < 1.29 is 4.74 Å². The fourth-order valence-corrected chi connectivity index (χ4v) is 1.90. The van der Waals surface area contributed by atoms with Gasteiger partial charge in [0.05, 0.1) is 30.1 Å². The number of halogens is 1. The van der Waals surface area contributed by atoms with Gasteiger partial charge in [-0.15, -0.1) is 0 Å². The first-order valence-electron chi connectivity index (χ1n) is 5.83. The molecule has 1 aromatic rings. The summed E-state index contributed by atoms with van der Waals surface area (Å²) in [6, 6.07) is 0. The smallest absolute Gasteiger partial charge is 0.222 e. The molecule has 1 N–H and O–H groups in total. The second-order valence-corrected chi connectivity index (χ2v) is 4.43. The molecule has 0 aliphatic carbocycles. The Morgan fingerprint density at radius 2 is 2.29 bits per heavy atom. The fourth-order valence-electron chi connectivity index (χ4n) is 1.80. The summed E-state index contributed by atoms with van der Waals surface area (Å²) in [5.74, 6) is 0.589. The molecule has 0 aromatic carbocycles. The van der Waals surface area contributed by atoms with Gasteiger partial charge < -0.3 is 10.1 Å². The zero-order valence-electron chi connectivity index (χ0n) is 9.90. The maximum absolute atomic E-state index is 5.71. The standard InChI is InChI=1S/C11H17ClN4O/c1-2-16-3-4-17-10(8-16)7-15-11-13-5-9(12)6-14-11/h5-6,10H,2-4,7-8H2,1H3,(H,13,14,15). The Labute approximate surface area is 106 Å². The van der Waals surface area contributed by atoms with Gasteiger partial charge >= 0.3 is 0 Å². The number of morpholine rings is 1. The molecule has 1 aliphatic heterocycles. The molecule has 17 heavy (non-hydrogen) atoms. The lowest BCUT2D eigenvalue weighted by atomic mass is 10.2. The zero-order valence-corrected chi connectivity index (χ0v) is 10.7. The molecule has 0 amide bonds. The van der Waals surface area contributed by atoms with Crippen molar-refractivity contribution >= 4 is 17.5 Å². The van der Waals surface area contributed by atoms with Gasteiger partial charge in [0.2, 0.25) is 5.95 Å². The molecule has 94 valence electrons. The van der Waals surface area contributed by atoms with E-state index in [1.807, 2.05) is 0 Å². The number of hydrogen-bond acceptors (Lipinski definition) is 5. The third kappa shape index (κ3) is 3.80. The van der Waals surface area contributed by atoms with Crippen LogP contribution < -0.4 is 5.32 Å². The minimum Gasteiger partial charge on any atom is -0.374 e. The van der Waals surface area contributed by atoms with Crippen LogP contribution in [0.5, 0.6) is 0 Å². The topological polar surface area (TPSA) is 50.3 Å². The first-order chi connectivity index (χ1) is 8.28. The Bertz CT molecular complexity index is 346. The highest BCUT2D eigenvalue weighted by atomic mass is 35.5. The predicted octanol–water partition coefficient (Wildman–Crippen LogP) is 1.26. The van der Waals surface area contributed by atoms with E-state index in [1.165, 1.54) is 0 Å². The van der Waals surface area contributed by atoms with Gasteiger partial charge in [-0.1, -0.05) is 18.5 Å². The number of rotatable bonds is 4. The average molecular weight is 257 g/mol. The number of likely N-dealkylation sites (N-methyl/N-ethyl adjacent to an activating group) is 1. The van der Waals surface area contributed by atoms with E-state index in [4.69, 9.17) is 16.3 Å². The van der Waals surface area contributed by atoms with Crippen LogP contribution in [0.3, 0.4) is 0 Å². The Morgan fingerprint density at radius 1 is 1.53 bits per heavy atom. The summed E-state index contributed by atoms with van der Waals surface area (Å²) in [4.78, 5) is 10.5. The number of aromatic nitrogens is 2. The van der Waals surface area contributed by atoms with E-state index >= 15 is 0 Å². The van der Waals surface area contributed by atoms with Crippen LogP contribution in [0.1, 0.15) is 6.92 Å². The summed E-state index contributed by atoms with van der Waals surface area (Å²) in [5.41, 5.74) is 0. The lowest BCUT2D eigenvalue weighted by molar-refractivity contribution is -0.0192. The maximum atomic E-state index is 5.71. The van der Waals surface area contributed by atoms with Crippen LogP contribution in [0.2, 0.25) is 5.02 Å². The third-order valence-corrected chi connectivity index (χ3v) is 2.97. The maximum Gasteiger partial charge on any atom is 0.222 e. The van der Waals surface area contributed by atoms with Gasteiger partial charge in [0.15, 0.2) is 0 Å². The van der Waals surface area contributed by atoms with E-state index in [0.717, 1.165) is 32.8 Å². The second kappa shape index (κ2) is 6.14. The zero-order chi connectivity index (χ0) is 12.1. The summed E-state index contributed by atoms with van der Waals surface area (Å²) in [7, 11) is 0. The molecule has 6 heteroatoms. The van der Waals surface area contributed by atoms with Crippen molar-refractivity contribution in [1.29, 1.82) is 0 Å². The Balaban J connectivity index is 1.79. The van der Waals surface area contributed by atoms with Gasteiger partial charge in [-0.2, -0.15) is 0 Å². The minimum absolute atomic E-state index is 0.197. The second-order valence-electron chi connectivity index (χ2n) is 3.99. The van der Waals surface area contributed by atoms with Crippen LogP contribution in [-0.2, 0) is 4.74 Å². The SMILES string of the molecule is CCN1CCOC(CNc2ncc(Cl)cn2)C1. The molecule has 0 bridgehead atoms. The predicted molar refractivity (Wildman–Crippen MR) is 67.4 cm³/mol. The van der Waals surface area contributed by atoms with Gasteiger partial charge in [0, 0.05) is 19.6 Å². The molecule has 2 rings (SSSR count). The van der Waals surface area contributed by atoms with E-state index in [-0.39, 0.29) is 6.10 Å². The van der Waals surface area contributed by atoms with Crippen LogP contribution in [0, 0.1) is 0 Å². The minimum atomic E-state index is 0.197. The molecule has 1 unspecified atom stereocenters. The van der Waals surface area contributed by atoms with E-state index in [9.17, 15) is 0 Å². The molecule has 1 saturated heterocycles. The normalized spacial score (nSPS) is 21.4. The van der Waals surface area contributed by atoms with Gasteiger partial charge in [-0.05, 0) is 6.54 Å². The number of anilines is 1.